The van der Waals surface area contributed by atoms with Gasteiger partial charge in [0.05, 0.1) is 12.9 Å². The van der Waals surface area contributed by atoms with Crippen molar-refractivity contribution in [2.75, 3.05) is 20.2 Å². The van der Waals surface area contributed by atoms with E-state index in [0.717, 1.165) is 38.1 Å². The maximum atomic E-state index is 12.2. The zero-order chi connectivity index (χ0) is 15.2. The lowest BCUT2D eigenvalue weighted by Gasteiger charge is -2.37. The Labute approximate surface area is 126 Å². The molecule has 118 valence electrons. The maximum Gasteiger partial charge on any atom is 0.410 e. The Morgan fingerprint density at radius 3 is 2.57 bits per heavy atom. The van der Waals surface area contributed by atoms with Crippen LogP contribution in [0.3, 0.4) is 0 Å². The Hall–Kier alpha value is -1.23. The molecule has 0 saturated carbocycles. The largest absolute Gasteiger partial charge is 0.501 e. The van der Waals surface area contributed by atoms with Crippen LogP contribution < -0.4 is 0 Å². The first-order chi connectivity index (χ1) is 9.87. The molecule has 2 aliphatic heterocycles. The van der Waals surface area contributed by atoms with Crippen LogP contribution in [0.25, 0.3) is 0 Å². The summed E-state index contributed by atoms with van der Waals surface area (Å²) in [6, 6.07) is 1.26. The number of nitrogens with zero attached hydrogens (tertiary/aromatic N) is 2. The summed E-state index contributed by atoms with van der Waals surface area (Å²) >= 11 is 0. The molecule has 2 heterocycles. The van der Waals surface area contributed by atoms with Crippen molar-refractivity contribution in [2.45, 2.75) is 63.8 Å². The molecule has 0 aromatic carbocycles. The normalized spacial score (nSPS) is 32.5. The zero-order valence-corrected chi connectivity index (χ0v) is 13.5. The predicted molar refractivity (Wildman–Crippen MR) is 80.0 cm³/mol. The molecule has 0 spiro atoms. The first-order valence-electron chi connectivity index (χ1n) is 7.87. The molecular weight excluding hydrogens is 268 g/mol. The van der Waals surface area contributed by atoms with Crippen LogP contribution in [-0.2, 0) is 9.47 Å². The molecule has 1 amide bonds. The van der Waals surface area contributed by atoms with Crippen molar-refractivity contribution < 1.29 is 14.3 Å². The topological polar surface area (TPSA) is 42.0 Å². The fourth-order valence-electron chi connectivity index (χ4n) is 3.75. The fraction of sp³-hybridized carbons (Fsp3) is 0.812. The zero-order valence-electron chi connectivity index (χ0n) is 13.5. The summed E-state index contributed by atoms with van der Waals surface area (Å²) in [7, 11) is 1.74. The number of hydrogen-bond acceptors (Lipinski definition) is 4. The molecule has 0 N–H and O–H groups in total. The lowest BCUT2D eigenvalue weighted by molar-refractivity contribution is 0.0108. The first kappa shape index (κ1) is 14.7. The summed E-state index contributed by atoms with van der Waals surface area (Å²) in [5, 5.41) is 0. The third-order valence-electron chi connectivity index (χ3n) is 4.66. The Balaban J connectivity index is 1.59. The second-order valence-corrected chi connectivity index (χ2v) is 7.32. The number of carbonyl (C=O) groups excluding carboxylic acids is 1. The highest BCUT2D eigenvalue weighted by Gasteiger charge is 2.48. The van der Waals surface area contributed by atoms with E-state index in [2.05, 4.69) is 11.0 Å². The molecule has 5 nitrogen and oxygen atoms in total. The van der Waals surface area contributed by atoms with Gasteiger partial charge in [0.25, 0.3) is 0 Å². The number of hydrogen-bond donors (Lipinski definition) is 0. The van der Waals surface area contributed by atoms with Gasteiger partial charge in [0.15, 0.2) is 0 Å². The molecule has 3 atom stereocenters. The first-order valence-corrected chi connectivity index (χ1v) is 7.87. The van der Waals surface area contributed by atoms with Crippen LogP contribution in [0.15, 0.2) is 11.8 Å². The second-order valence-electron chi connectivity index (χ2n) is 7.32. The van der Waals surface area contributed by atoms with Gasteiger partial charge in [-0.05, 0) is 39.7 Å². The van der Waals surface area contributed by atoms with E-state index in [1.807, 2.05) is 25.7 Å². The van der Waals surface area contributed by atoms with Crippen molar-refractivity contribution in [1.29, 1.82) is 0 Å². The van der Waals surface area contributed by atoms with Gasteiger partial charge in [-0.3, -0.25) is 4.90 Å². The molecule has 1 unspecified atom stereocenters. The van der Waals surface area contributed by atoms with Gasteiger partial charge in [0.1, 0.15) is 5.60 Å². The molecule has 5 heteroatoms. The number of piperazine rings is 1. The number of rotatable bonds is 2. The molecule has 0 radical (unpaired) electrons. The molecule has 3 aliphatic rings. The number of methoxy groups -OCH3 is 1. The fourth-order valence-corrected chi connectivity index (χ4v) is 3.75. The van der Waals surface area contributed by atoms with Crippen molar-refractivity contribution >= 4 is 6.09 Å². The van der Waals surface area contributed by atoms with Gasteiger partial charge in [-0.15, -0.1) is 0 Å². The second kappa shape index (κ2) is 5.20. The van der Waals surface area contributed by atoms with E-state index >= 15 is 0 Å². The smallest absolute Gasteiger partial charge is 0.410 e. The Morgan fingerprint density at radius 2 is 2.05 bits per heavy atom. The number of allylic oxidation sites excluding steroid dienone is 1. The SMILES string of the molecule is COC1=CC(N2C[C@@H]3C[C@H]2CN3C(=O)OC(C)(C)C)CC1. The van der Waals surface area contributed by atoms with Crippen LogP contribution in [0, 0.1) is 0 Å². The molecule has 2 fully saturated rings. The highest BCUT2D eigenvalue weighted by Crippen LogP contribution is 2.36. The van der Waals surface area contributed by atoms with Gasteiger partial charge in [-0.25, -0.2) is 4.79 Å². The molecule has 2 bridgehead atoms. The standard InChI is InChI=1S/C16H26N2O3/c1-16(2,3)21-15(19)18-10-12-7-13(18)9-17(12)11-5-6-14(8-11)20-4/h8,11-13H,5-7,9-10H2,1-4H3/t11?,12-,13-/m0/s1. The van der Waals surface area contributed by atoms with Crippen LogP contribution in [0.4, 0.5) is 4.79 Å². The van der Waals surface area contributed by atoms with Gasteiger partial charge < -0.3 is 14.4 Å². The summed E-state index contributed by atoms with van der Waals surface area (Å²) in [6.45, 7) is 7.51. The highest BCUT2D eigenvalue weighted by atomic mass is 16.6. The molecule has 1 aliphatic carbocycles. The molecule has 3 rings (SSSR count). The number of fused-ring (bicyclic) bond motifs is 2. The van der Waals surface area contributed by atoms with E-state index in [1.165, 1.54) is 0 Å². The maximum absolute atomic E-state index is 12.2. The molecule has 21 heavy (non-hydrogen) atoms. The van der Waals surface area contributed by atoms with Crippen molar-refractivity contribution in [2.24, 2.45) is 0 Å². The minimum absolute atomic E-state index is 0.158. The minimum atomic E-state index is -0.417. The minimum Gasteiger partial charge on any atom is -0.501 e. The molecule has 2 saturated heterocycles. The van der Waals surface area contributed by atoms with E-state index in [4.69, 9.17) is 9.47 Å². The van der Waals surface area contributed by atoms with E-state index in [1.54, 1.807) is 7.11 Å². The summed E-state index contributed by atoms with van der Waals surface area (Å²) in [4.78, 5) is 16.7. The van der Waals surface area contributed by atoms with E-state index in [0.29, 0.717) is 18.1 Å². The van der Waals surface area contributed by atoms with Crippen molar-refractivity contribution in [1.82, 2.24) is 9.80 Å². The van der Waals surface area contributed by atoms with Gasteiger partial charge >= 0.3 is 6.09 Å². The number of amides is 1. The molecule has 0 aromatic rings. The van der Waals surface area contributed by atoms with Gasteiger partial charge in [0, 0.05) is 37.6 Å². The third kappa shape index (κ3) is 2.89. The van der Waals surface area contributed by atoms with E-state index < -0.39 is 5.60 Å². The highest BCUT2D eigenvalue weighted by molar-refractivity contribution is 5.69. The lowest BCUT2D eigenvalue weighted by Crippen LogP contribution is -2.52. The van der Waals surface area contributed by atoms with Crippen molar-refractivity contribution in [3.8, 4) is 0 Å². The monoisotopic (exact) mass is 294 g/mol. The Bertz CT molecular complexity index is 455. The molecular formula is C16H26N2O3. The number of ether oxygens (including phenoxy) is 2. The van der Waals surface area contributed by atoms with Crippen molar-refractivity contribution in [3.63, 3.8) is 0 Å². The summed E-state index contributed by atoms with van der Waals surface area (Å²) in [5.74, 6) is 1.10. The van der Waals surface area contributed by atoms with Crippen LogP contribution in [-0.4, -0.2) is 59.8 Å². The summed E-state index contributed by atoms with van der Waals surface area (Å²) in [6.07, 6.45) is 5.34. The van der Waals surface area contributed by atoms with E-state index in [9.17, 15) is 4.79 Å². The Kier molecular flexibility index (Phi) is 3.64. The third-order valence-corrected chi connectivity index (χ3v) is 4.66. The number of carbonyl (C=O) groups is 1. The molecule has 0 aromatic heterocycles. The van der Waals surface area contributed by atoms with Gasteiger partial charge in [-0.1, -0.05) is 0 Å². The number of likely N-dealkylation sites (tertiary alicyclic amines) is 2. The summed E-state index contributed by atoms with van der Waals surface area (Å²) < 4.78 is 10.9. The average Bonchev–Trinajstić information content (AvgIpc) is 3.10. The van der Waals surface area contributed by atoms with Crippen LogP contribution in [0.1, 0.15) is 40.0 Å². The quantitative estimate of drug-likeness (QED) is 0.784. The van der Waals surface area contributed by atoms with E-state index in [-0.39, 0.29) is 6.09 Å². The van der Waals surface area contributed by atoms with Gasteiger partial charge in [0.2, 0.25) is 0 Å². The predicted octanol–water partition coefficient (Wildman–Crippen LogP) is 2.37. The lowest BCUT2D eigenvalue weighted by atomic mass is 10.2. The van der Waals surface area contributed by atoms with Crippen LogP contribution in [0.2, 0.25) is 0 Å². The summed E-state index contributed by atoms with van der Waals surface area (Å²) in [5.41, 5.74) is -0.417. The van der Waals surface area contributed by atoms with Crippen molar-refractivity contribution in [3.05, 3.63) is 11.8 Å². The van der Waals surface area contributed by atoms with Crippen LogP contribution in [0.5, 0.6) is 0 Å². The van der Waals surface area contributed by atoms with Gasteiger partial charge in [-0.2, -0.15) is 0 Å². The average molecular weight is 294 g/mol. The van der Waals surface area contributed by atoms with Crippen LogP contribution >= 0.6 is 0 Å². The Morgan fingerprint density at radius 1 is 1.29 bits per heavy atom.